The summed E-state index contributed by atoms with van der Waals surface area (Å²) < 4.78 is 4.97. The number of nitrogens with two attached hydrogens (primary N) is 1. The van der Waals surface area contributed by atoms with Gasteiger partial charge in [-0.2, -0.15) is 0 Å². The van der Waals surface area contributed by atoms with E-state index in [1.807, 2.05) is 0 Å². The Hall–Kier alpha value is -3.39. The average molecular weight is 418 g/mol. The molecule has 0 aliphatic rings. The average Bonchev–Trinajstić information content (AvgIpc) is 2.66. The summed E-state index contributed by atoms with van der Waals surface area (Å²) >= 11 is 6.10. The van der Waals surface area contributed by atoms with E-state index in [1.165, 1.54) is 6.92 Å². The van der Waals surface area contributed by atoms with Crippen LogP contribution in [0.1, 0.15) is 35.3 Å². The molecule has 0 aliphatic heterocycles. The molecule has 8 nitrogen and oxygen atoms in total. The number of primary amides is 1. The number of nitrogens with one attached hydrogen (secondary N) is 2. The van der Waals surface area contributed by atoms with Gasteiger partial charge in [0.2, 0.25) is 0 Å². The molecule has 2 rings (SSSR count). The number of hydrogen-bond donors (Lipinski definition) is 3. The number of ketones is 1. The topological polar surface area (TPSA) is 128 Å². The smallest absolute Gasteiger partial charge is 0.312 e. The summed E-state index contributed by atoms with van der Waals surface area (Å²) in [7, 11) is 0. The van der Waals surface area contributed by atoms with Crippen molar-refractivity contribution in [3.63, 3.8) is 0 Å². The largest absolute Gasteiger partial charge is 0.455 e. The number of Topliss-reactive ketones (excluding diaryl/α,β-unsaturated/α-hetero) is 1. The second-order valence-corrected chi connectivity index (χ2v) is 6.54. The molecule has 0 fully saturated rings. The molecule has 0 radical (unpaired) electrons. The zero-order valence-corrected chi connectivity index (χ0v) is 16.4. The number of amides is 3. The van der Waals surface area contributed by atoms with Crippen molar-refractivity contribution in [2.75, 3.05) is 11.9 Å². The second kappa shape index (κ2) is 10.2. The van der Waals surface area contributed by atoms with Crippen LogP contribution in [0.2, 0.25) is 5.02 Å². The molecule has 3 amide bonds. The van der Waals surface area contributed by atoms with Crippen molar-refractivity contribution in [2.45, 2.75) is 19.4 Å². The number of anilines is 1. The van der Waals surface area contributed by atoms with E-state index in [1.54, 1.807) is 48.5 Å². The Morgan fingerprint density at radius 3 is 2.31 bits per heavy atom. The molecule has 0 spiro atoms. The highest BCUT2D eigenvalue weighted by atomic mass is 35.5. The van der Waals surface area contributed by atoms with Crippen LogP contribution in [0, 0.1) is 0 Å². The number of ether oxygens (including phenoxy) is 1. The fourth-order valence-corrected chi connectivity index (χ4v) is 2.79. The SMILES string of the molecule is CC(=O)c1ccc(NC(=O)COC(=O)C[C@@H](NC(N)=O)c2ccccc2Cl)cc1. The molecular weight excluding hydrogens is 398 g/mol. The number of urea groups is 1. The Labute approximate surface area is 172 Å². The van der Waals surface area contributed by atoms with E-state index in [-0.39, 0.29) is 12.2 Å². The lowest BCUT2D eigenvalue weighted by molar-refractivity contribution is -0.147. The number of esters is 1. The van der Waals surface area contributed by atoms with Crippen LogP contribution in [0.3, 0.4) is 0 Å². The van der Waals surface area contributed by atoms with Crippen LogP contribution in [-0.4, -0.2) is 30.3 Å². The molecule has 2 aromatic rings. The van der Waals surface area contributed by atoms with Gasteiger partial charge in [0, 0.05) is 16.3 Å². The summed E-state index contributed by atoms with van der Waals surface area (Å²) in [5.74, 6) is -1.36. The lowest BCUT2D eigenvalue weighted by atomic mass is 10.0. The van der Waals surface area contributed by atoms with Crippen molar-refractivity contribution in [2.24, 2.45) is 5.73 Å². The molecule has 0 saturated heterocycles. The summed E-state index contributed by atoms with van der Waals surface area (Å²) in [5.41, 5.74) is 6.64. The normalized spacial score (nSPS) is 11.2. The molecule has 1 atom stereocenters. The highest BCUT2D eigenvalue weighted by molar-refractivity contribution is 6.31. The van der Waals surface area contributed by atoms with E-state index in [2.05, 4.69) is 10.6 Å². The minimum absolute atomic E-state index is 0.0885. The fraction of sp³-hybridized carbons (Fsp3) is 0.200. The molecule has 0 bridgehead atoms. The molecule has 29 heavy (non-hydrogen) atoms. The molecule has 2 aromatic carbocycles. The van der Waals surface area contributed by atoms with Crippen molar-refractivity contribution in [3.8, 4) is 0 Å². The highest BCUT2D eigenvalue weighted by Crippen LogP contribution is 2.25. The van der Waals surface area contributed by atoms with Gasteiger partial charge < -0.3 is 21.1 Å². The molecule has 4 N–H and O–H groups in total. The van der Waals surface area contributed by atoms with Crippen molar-refractivity contribution in [1.82, 2.24) is 5.32 Å². The lowest BCUT2D eigenvalue weighted by Gasteiger charge is -2.18. The third kappa shape index (κ3) is 6.93. The van der Waals surface area contributed by atoms with Gasteiger partial charge in [-0.3, -0.25) is 14.4 Å². The van der Waals surface area contributed by atoms with Crippen LogP contribution in [-0.2, 0) is 14.3 Å². The number of carbonyl (C=O) groups is 4. The minimum Gasteiger partial charge on any atom is -0.455 e. The first-order valence-electron chi connectivity index (χ1n) is 8.63. The van der Waals surface area contributed by atoms with Crippen LogP contribution in [0.15, 0.2) is 48.5 Å². The van der Waals surface area contributed by atoms with E-state index < -0.39 is 30.6 Å². The van der Waals surface area contributed by atoms with Crippen LogP contribution in [0.5, 0.6) is 0 Å². The first kappa shape index (κ1) is 21.9. The van der Waals surface area contributed by atoms with E-state index in [0.29, 0.717) is 21.8 Å². The molecule has 9 heteroatoms. The van der Waals surface area contributed by atoms with Crippen molar-refractivity contribution in [3.05, 3.63) is 64.7 Å². The van der Waals surface area contributed by atoms with Gasteiger partial charge in [0.05, 0.1) is 12.5 Å². The van der Waals surface area contributed by atoms with Gasteiger partial charge in [-0.1, -0.05) is 29.8 Å². The number of benzene rings is 2. The lowest BCUT2D eigenvalue weighted by Crippen LogP contribution is -2.35. The maximum atomic E-state index is 12.1. The Morgan fingerprint density at radius 2 is 1.72 bits per heavy atom. The standard InChI is InChI=1S/C20H20ClN3O5/c1-12(25)13-6-8-14(9-7-13)23-18(26)11-29-19(27)10-17(24-20(22)28)15-4-2-3-5-16(15)21/h2-9,17H,10-11H2,1H3,(H,23,26)(H3,22,24,28)/t17-/m1/s1. The maximum absolute atomic E-state index is 12.1. The number of hydrogen-bond acceptors (Lipinski definition) is 5. The summed E-state index contributed by atoms with van der Waals surface area (Å²) in [4.78, 5) is 46.6. The minimum atomic E-state index is -0.825. The Morgan fingerprint density at radius 1 is 1.07 bits per heavy atom. The third-order valence-corrected chi connectivity index (χ3v) is 4.25. The van der Waals surface area contributed by atoms with Crippen LogP contribution in [0.4, 0.5) is 10.5 Å². The highest BCUT2D eigenvalue weighted by Gasteiger charge is 2.21. The van der Waals surface area contributed by atoms with Crippen molar-refractivity contribution in [1.29, 1.82) is 0 Å². The van der Waals surface area contributed by atoms with Crippen LogP contribution < -0.4 is 16.4 Å². The summed E-state index contributed by atoms with van der Waals surface area (Å²) in [6, 6.07) is 11.3. The van der Waals surface area contributed by atoms with E-state index in [9.17, 15) is 19.2 Å². The van der Waals surface area contributed by atoms with Gasteiger partial charge >= 0.3 is 12.0 Å². The van der Waals surface area contributed by atoms with E-state index in [0.717, 1.165) is 0 Å². The molecule has 0 heterocycles. The van der Waals surface area contributed by atoms with Crippen molar-refractivity contribution < 1.29 is 23.9 Å². The Kier molecular flexibility index (Phi) is 7.73. The molecule has 152 valence electrons. The molecule has 0 unspecified atom stereocenters. The van der Waals surface area contributed by atoms with Gasteiger partial charge in [-0.05, 0) is 42.8 Å². The van der Waals surface area contributed by atoms with Gasteiger partial charge in [0.15, 0.2) is 12.4 Å². The van der Waals surface area contributed by atoms with Gasteiger partial charge in [0.1, 0.15) is 0 Å². The first-order chi connectivity index (χ1) is 13.8. The summed E-state index contributed by atoms with van der Waals surface area (Å²) in [6.45, 7) is 0.926. The van der Waals surface area contributed by atoms with Crippen LogP contribution >= 0.6 is 11.6 Å². The zero-order valence-electron chi connectivity index (χ0n) is 15.6. The Balaban J connectivity index is 1.91. The van der Waals surface area contributed by atoms with Crippen molar-refractivity contribution >= 4 is 41.0 Å². The molecule has 0 saturated carbocycles. The van der Waals surface area contributed by atoms with Gasteiger partial charge in [-0.15, -0.1) is 0 Å². The number of rotatable bonds is 8. The second-order valence-electron chi connectivity index (χ2n) is 6.13. The molecule has 0 aromatic heterocycles. The van der Waals surface area contributed by atoms with E-state index in [4.69, 9.17) is 22.1 Å². The molecule has 0 aliphatic carbocycles. The maximum Gasteiger partial charge on any atom is 0.312 e. The fourth-order valence-electron chi connectivity index (χ4n) is 2.53. The predicted octanol–water partition coefficient (Wildman–Crippen LogP) is 2.82. The quantitative estimate of drug-likeness (QED) is 0.449. The molecular formula is C20H20ClN3O5. The monoisotopic (exact) mass is 417 g/mol. The third-order valence-electron chi connectivity index (χ3n) is 3.91. The zero-order chi connectivity index (χ0) is 21.4. The summed E-state index contributed by atoms with van der Waals surface area (Å²) in [6.07, 6.45) is -0.257. The predicted molar refractivity (Wildman–Crippen MR) is 108 cm³/mol. The first-order valence-corrected chi connectivity index (χ1v) is 9.01. The number of halogens is 1. The van der Waals surface area contributed by atoms with Crippen LogP contribution in [0.25, 0.3) is 0 Å². The summed E-state index contributed by atoms with van der Waals surface area (Å²) in [5, 5.41) is 5.34. The van der Waals surface area contributed by atoms with E-state index >= 15 is 0 Å². The Bertz CT molecular complexity index is 915. The van der Waals surface area contributed by atoms with Gasteiger partial charge in [-0.25, -0.2) is 4.79 Å². The van der Waals surface area contributed by atoms with Gasteiger partial charge in [0.25, 0.3) is 5.91 Å². The number of carbonyl (C=O) groups excluding carboxylic acids is 4.